The third kappa shape index (κ3) is 5.04. The van der Waals surface area contributed by atoms with E-state index < -0.39 is 44.8 Å². The quantitative estimate of drug-likeness (QED) is 0.574. The molecular formula is C16H14F3N3O5S. The summed E-state index contributed by atoms with van der Waals surface area (Å²) >= 11 is 0. The van der Waals surface area contributed by atoms with E-state index in [9.17, 15) is 36.5 Å². The SMILES string of the molecule is CN(CC(=O)Nc1ccc(C(F)(F)F)cc1)S(=O)(=O)c1cccc([N+](=O)[O-])c1. The van der Waals surface area contributed by atoms with Gasteiger partial charge in [-0.15, -0.1) is 0 Å². The molecule has 0 atom stereocenters. The minimum atomic E-state index is -4.52. The number of sulfonamides is 1. The number of anilines is 1. The van der Waals surface area contributed by atoms with Gasteiger partial charge in [0, 0.05) is 24.9 Å². The molecule has 0 bridgehead atoms. The minimum Gasteiger partial charge on any atom is -0.325 e. The number of hydrogen-bond acceptors (Lipinski definition) is 5. The number of amides is 1. The van der Waals surface area contributed by atoms with Crippen molar-refractivity contribution in [1.82, 2.24) is 4.31 Å². The number of rotatable bonds is 6. The molecule has 2 rings (SSSR count). The Balaban J connectivity index is 2.09. The number of likely N-dealkylation sites (N-methyl/N-ethyl adjacent to an activating group) is 1. The first-order valence-corrected chi connectivity index (χ1v) is 9.03. The Kier molecular flexibility index (Phi) is 6.04. The number of nitrogens with zero attached hydrogens (tertiary/aromatic N) is 2. The summed E-state index contributed by atoms with van der Waals surface area (Å²) in [4.78, 5) is 21.7. The van der Waals surface area contributed by atoms with E-state index in [1.54, 1.807) is 0 Å². The molecule has 0 spiro atoms. The standard InChI is InChI=1S/C16H14F3N3O5S/c1-21(28(26,27)14-4-2-3-13(9-14)22(24)25)10-15(23)20-12-7-5-11(6-8-12)16(17,18)19/h2-9H,10H2,1H3,(H,20,23). The number of halogens is 3. The Hall–Kier alpha value is -2.99. The number of hydrogen-bond donors (Lipinski definition) is 1. The summed E-state index contributed by atoms with van der Waals surface area (Å²) in [7, 11) is -3.09. The van der Waals surface area contributed by atoms with Gasteiger partial charge in [0.15, 0.2) is 0 Å². The monoisotopic (exact) mass is 417 g/mol. The van der Waals surface area contributed by atoms with Crippen LogP contribution < -0.4 is 5.32 Å². The van der Waals surface area contributed by atoms with Crippen LogP contribution in [0.15, 0.2) is 53.4 Å². The van der Waals surface area contributed by atoms with Gasteiger partial charge in [-0.25, -0.2) is 8.42 Å². The van der Waals surface area contributed by atoms with Crippen molar-refractivity contribution in [2.45, 2.75) is 11.1 Å². The van der Waals surface area contributed by atoms with Crippen molar-refractivity contribution in [3.63, 3.8) is 0 Å². The molecule has 28 heavy (non-hydrogen) atoms. The highest BCUT2D eigenvalue weighted by Gasteiger charge is 2.30. The van der Waals surface area contributed by atoms with Crippen LogP contribution >= 0.6 is 0 Å². The van der Waals surface area contributed by atoms with Gasteiger partial charge in [0.25, 0.3) is 5.69 Å². The Morgan fingerprint density at radius 3 is 2.32 bits per heavy atom. The molecule has 0 radical (unpaired) electrons. The van der Waals surface area contributed by atoms with E-state index in [1.165, 1.54) is 6.07 Å². The highest BCUT2D eigenvalue weighted by molar-refractivity contribution is 7.89. The summed E-state index contributed by atoms with van der Waals surface area (Å²) in [5, 5.41) is 13.1. The van der Waals surface area contributed by atoms with Crippen LogP contribution in [-0.2, 0) is 21.0 Å². The van der Waals surface area contributed by atoms with E-state index in [1.807, 2.05) is 0 Å². The Morgan fingerprint density at radius 1 is 1.18 bits per heavy atom. The Bertz CT molecular complexity index is 991. The third-order valence-corrected chi connectivity index (χ3v) is 5.40. The summed E-state index contributed by atoms with van der Waals surface area (Å²) in [5.74, 6) is -0.795. The van der Waals surface area contributed by atoms with Gasteiger partial charge in [0.2, 0.25) is 15.9 Å². The Labute approximate surface area is 157 Å². The van der Waals surface area contributed by atoms with Gasteiger partial charge in [-0.05, 0) is 30.3 Å². The molecule has 12 heteroatoms. The number of benzene rings is 2. The number of carbonyl (C=O) groups is 1. The summed E-state index contributed by atoms with van der Waals surface area (Å²) in [6.45, 7) is -0.647. The maximum atomic E-state index is 12.5. The molecular weight excluding hydrogens is 403 g/mol. The van der Waals surface area contributed by atoms with Crippen molar-refractivity contribution in [3.05, 3.63) is 64.2 Å². The lowest BCUT2D eigenvalue weighted by atomic mass is 10.2. The second kappa shape index (κ2) is 7.94. The molecule has 1 N–H and O–H groups in total. The summed E-state index contributed by atoms with van der Waals surface area (Å²) in [5.41, 5.74) is -1.27. The van der Waals surface area contributed by atoms with E-state index in [2.05, 4.69) is 5.32 Å². The molecule has 150 valence electrons. The van der Waals surface area contributed by atoms with E-state index >= 15 is 0 Å². The van der Waals surface area contributed by atoms with Gasteiger partial charge in [0.05, 0.1) is 21.9 Å². The van der Waals surface area contributed by atoms with E-state index in [0.717, 1.165) is 49.5 Å². The molecule has 0 aliphatic heterocycles. The summed E-state index contributed by atoms with van der Waals surface area (Å²) in [6, 6.07) is 7.95. The van der Waals surface area contributed by atoms with Crippen molar-refractivity contribution >= 4 is 27.3 Å². The molecule has 0 unspecified atom stereocenters. The first-order valence-electron chi connectivity index (χ1n) is 7.59. The number of carbonyl (C=O) groups excluding carboxylic acids is 1. The second-order valence-corrected chi connectivity index (χ2v) is 7.68. The first kappa shape index (κ1) is 21.3. The molecule has 8 nitrogen and oxygen atoms in total. The fraction of sp³-hybridized carbons (Fsp3) is 0.188. The zero-order valence-corrected chi connectivity index (χ0v) is 15.1. The molecule has 0 saturated heterocycles. The number of non-ortho nitro benzene ring substituents is 1. The minimum absolute atomic E-state index is 0.0548. The van der Waals surface area contributed by atoms with Crippen LogP contribution in [0.3, 0.4) is 0 Å². The number of nitro groups is 1. The smallest absolute Gasteiger partial charge is 0.325 e. The maximum absolute atomic E-state index is 12.5. The zero-order valence-electron chi connectivity index (χ0n) is 14.3. The molecule has 0 aliphatic rings. The fourth-order valence-electron chi connectivity index (χ4n) is 2.17. The summed E-state index contributed by atoms with van der Waals surface area (Å²) < 4.78 is 63.1. The van der Waals surface area contributed by atoms with Crippen LogP contribution in [0.2, 0.25) is 0 Å². The largest absolute Gasteiger partial charge is 0.416 e. The molecule has 0 aliphatic carbocycles. The maximum Gasteiger partial charge on any atom is 0.416 e. The molecule has 2 aromatic carbocycles. The van der Waals surface area contributed by atoms with Gasteiger partial charge < -0.3 is 5.32 Å². The number of nitro benzene ring substituents is 1. The van der Waals surface area contributed by atoms with Crippen molar-refractivity contribution in [3.8, 4) is 0 Å². The van der Waals surface area contributed by atoms with Crippen LogP contribution in [0.5, 0.6) is 0 Å². The fourth-order valence-corrected chi connectivity index (χ4v) is 3.34. The van der Waals surface area contributed by atoms with Crippen LogP contribution in [0.25, 0.3) is 0 Å². The van der Waals surface area contributed by atoms with Crippen LogP contribution in [0.4, 0.5) is 24.5 Å². The lowest BCUT2D eigenvalue weighted by Crippen LogP contribution is -2.35. The van der Waals surface area contributed by atoms with Crippen molar-refractivity contribution in [2.24, 2.45) is 0 Å². The average molecular weight is 417 g/mol. The second-order valence-electron chi connectivity index (χ2n) is 5.64. The van der Waals surface area contributed by atoms with Crippen LogP contribution in [-0.4, -0.2) is 37.1 Å². The van der Waals surface area contributed by atoms with Gasteiger partial charge >= 0.3 is 6.18 Å². The lowest BCUT2D eigenvalue weighted by Gasteiger charge is -2.17. The van der Waals surface area contributed by atoms with Crippen LogP contribution in [0.1, 0.15) is 5.56 Å². The zero-order chi connectivity index (χ0) is 21.1. The first-order chi connectivity index (χ1) is 12.9. The van der Waals surface area contributed by atoms with Gasteiger partial charge in [-0.1, -0.05) is 6.07 Å². The molecule has 0 fully saturated rings. The molecule has 2 aromatic rings. The highest BCUT2D eigenvalue weighted by Crippen LogP contribution is 2.29. The predicted molar refractivity (Wildman–Crippen MR) is 93.0 cm³/mol. The summed E-state index contributed by atoms with van der Waals surface area (Å²) in [6.07, 6.45) is -4.52. The predicted octanol–water partition coefficient (Wildman–Crippen LogP) is 2.87. The van der Waals surface area contributed by atoms with Crippen molar-refractivity contribution < 1.29 is 31.3 Å². The molecule has 0 heterocycles. The Morgan fingerprint density at radius 2 is 1.79 bits per heavy atom. The van der Waals surface area contributed by atoms with Crippen molar-refractivity contribution in [1.29, 1.82) is 0 Å². The average Bonchev–Trinajstić information content (AvgIpc) is 2.61. The van der Waals surface area contributed by atoms with E-state index in [4.69, 9.17) is 0 Å². The topological polar surface area (TPSA) is 110 Å². The van der Waals surface area contributed by atoms with E-state index in [-0.39, 0.29) is 10.6 Å². The van der Waals surface area contributed by atoms with Crippen LogP contribution in [0, 0.1) is 10.1 Å². The number of nitrogens with one attached hydrogen (secondary N) is 1. The highest BCUT2D eigenvalue weighted by atomic mass is 32.2. The molecule has 0 saturated carbocycles. The number of alkyl halides is 3. The van der Waals surface area contributed by atoms with Gasteiger partial charge in [-0.2, -0.15) is 17.5 Å². The van der Waals surface area contributed by atoms with E-state index in [0.29, 0.717) is 4.31 Å². The van der Waals surface area contributed by atoms with Gasteiger partial charge in [0.1, 0.15) is 0 Å². The van der Waals surface area contributed by atoms with Gasteiger partial charge in [-0.3, -0.25) is 14.9 Å². The van der Waals surface area contributed by atoms with Crippen molar-refractivity contribution in [2.75, 3.05) is 18.9 Å². The third-order valence-electron chi connectivity index (χ3n) is 3.60. The molecule has 0 aromatic heterocycles. The normalized spacial score (nSPS) is 12.0. The molecule has 1 amide bonds. The lowest BCUT2D eigenvalue weighted by molar-refractivity contribution is -0.385.